The summed E-state index contributed by atoms with van der Waals surface area (Å²) in [5.41, 5.74) is -0.406. The maximum absolute atomic E-state index is 12.8. The van der Waals surface area contributed by atoms with Crippen LogP contribution in [0.5, 0.6) is 0 Å². The lowest BCUT2D eigenvalue weighted by Crippen LogP contribution is -2.10. The third-order valence-corrected chi connectivity index (χ3v) is 3.25. The first-order chi connectivity index (χ1) is 8.93. The number of rotatable bonds is 3. The number of hydrogen-bond acceptors (Lipinski definition) is 1. The van der Waals surface area contributed by atoms with Gasteiger partial charge in [0.05, 0.1) is 12.4 Å². The normalized spacial score (nSPS) is 11.8. The van der Waals surface area contributed by atoms with E-state index >= 15 is 0 Å². The molecular weight excluding hydrogens is 300 g/mol. The minimum atomic E-state index is -4.56. The monoisotopic (exact) mass is 308 g/mol. The summed E-state index contributed by atoms with van der Waals surface area (Å²) in [6.45, 7) is 0.166. The van der Waals surface area contributed by atoms with E-state index in [0.29, 0.717) is 0 Å². The fraction of sp³-hybridized carbons (Fsp3) is 0.250. The smallest absolute Gasteiger partial charge is 0.249 e. The van der Waals surface area contributed by atoms with Gasteiger partial charge in [0, 0.05) is 5.56 Å². The summed E-state index contributed by atoms with van der Waals surface area (Å²) in [6, 6.07) is 8.97. The van der Waals surface area contributed by atoms with Gasteiger partial charge in [0.25, 0.3) is 0 Å². The van der Waals surface area contributed by atoms with Gasteiger partial charge in [-0.1, -0.05) is 41.9 Å². The molecule has 1 heterocycles. The van der Waals surface area contributed by atoms with E-state index in [1.165, 1.54) is 0 Å². The van der Waals surface area contributed by atoms with E-state index in [-0.39, 0.29) is 23.1 Å². The molecule has 0 saturated heterocycles. The molecule has 2 nitrogen and oxygen atoms in total. The lowest BCUT2D eigenvalue weighted by atomic mass is 10.2. The standard InChI is InChI=1S/C12H9Cl2F3N2/c13-6-9-10(12(15,16)17)18-19(11(9)14)7-8-4-2-1-3-5-8/h1-5H,6-7H2. The lowest BCUT2D eigenvalue weighted by molar-refractivity contribution is -0.142. The van der Waals surface area contributed by atoms with Crippen molar-refractivity contribution in [2.45, 2.75) is 18.6 Å². The van der Waals surface area contributed by atoms with Crippen LogP contribution in [0.3, 0.4) is 0 Å². The molecule has 0 spiro atoms. The molecule has 0 aliphatic carbocycles. The Morgan fingerprint density at radius 1 is 1.16 bits per heavy atom. The van der Waals surface area contributed by atoms with Crippen LogP contribution in [-0.4, -0.2) is 9.78 Å². The second-order valence-electron chi connectivity index (χ2n) is 3.89. The van der Waals surface area contributed by atoms with Gasteiger partial charge in [-0.3, -0.25) is 0 Å². The quantitative estimate of drug-likeness (QED) is 0.771. The molecule has 1 aromatic carbocycles. The summed E-state index contributed by atoms with van der Waals surface area (Å²) < 4.78 is 39.4. The van der Waals surface area contributed by atoms with Crippen LogP contribution in [0.15, 0.2) is 30.3 Å². The third-order valence-electron chi connectivity index (χ3n) is 2.56. The van der Waals surface area contributed by atoms with Crippen LogP contribution in [0, 0.1) is 0 Å². The first kappa shape index (κ1) is 14.2. The van der Waals surface area contributed by atoms with Gasteiger partial charge in [0.1, 0.15) is 5.15 Å². The molecule has 0 saturated carbocycles. The Balaban J connectivity index is 2.40. The average Bonchev–Trinajstić information content (AvgIpc) is 2.67. The van der Waals surface area contributed by atoms with E-state index in [9.17, 15) is 13.2 Å². The Bertz CT molecular complexity index is 564. The maximum atomic E-state index is 12.8. The van der Waals surface area contributed by atoms with Crippen molar-refractivity contribution in [2.24, 2.45) is 0 Å². The number of nitrogens with zero attached hydrogens (tertiary/aromatic N) is 2. The molecule has 0 radical (unpaired) electrons. The van der Waals surface area contributed by atoms with E-state index in [2.05, 4.69) is 5.10 Å². The molecule has 1 aromatic heterocycles. The fourth-order valence-electron chi connectivity index (χ4n) is 1.69. The van der Waals surface area contributed by atoms with Crippen molar-refractivity contribution >= 4 is 23.2 Å². The van der Waals surface area contributed by atoms with Gasteiger partial charge in [-0.05, 0) is 5.56 Å². The number of aromatic nitrogens is 2. The average molecular weight is 309 g/mol. The van der Waals surface area contributed by atoms with Crippen molar-refractivity contribution in [2.75, 3.05) is 0 Å². The van der Waals surface area contributed by atoms with Crippen molar-refractivity contribution in [3.8, 4) is 0 Å². The first-order valence-electron chi connectivity index (χ1n) is 5.35. The molecule has 0 N–H and O–H groups in total. The highest BCUT2D eigenvalue weighted by Gasteiger charge is 2.38. The Morgan fingerprint density at radius 3 is 2.26 bits per heavy atom. The number of alkyl halides is 4. The van der Waals surface area contributed by atoms with Gasteiger partial charge in [0.15, 0.2) is 5.69 Å². The molecule has 2 rings (SSSR count). The Kier molecular flexibility index (Phi) is 4.06. The van der Waals surface area contributed by atoms with E-state index in [0.717, 1.165) is 10.2 Å². The summed E-state index contributed by atoms with van der Waals surface area (Å²) >= 11 is 11.4. The highest BCUT2D eigenvalue weighted by atomic mass is 35.5. The van der Waals surface area contributed by atoms with Crippen molar-refractivity contribution in [1.29, 1.82) is 0 Å². The van der Waals surface area contributed by atoms with Crippen molar-refractivity contribution in [3.05, 3.63) is 52.3 Å². The summed E-state index contributed by atoms with van der Waals surface area (Å²) in [6.07, 6.45) is -4.56. The molecule has 0 fully saturated rings. The van der Waals surface area contributed by atoms with Crippen molar-refractivity contribution in [1.82, 2.24) is 9.78 Å². The van der Waals surface area contributed by atoms with Crippen LogP contribution in [0.4, 0.5) is 13.2 Å². The summed E-state index contributed by atoms with van der Waals surface area (Å²) in [4.78, 5) is 0. The minimum Gasteiger partial charge on any atom is -0.249 e. The Labute approximate surface area is 117 Å². The van der Waals surface area contributed by atoms with Gasteiger partial charge in [-0.15, -0.1) is 11.6 Å². The zero-order valence-corrected chi connectivity index (χ0v) is 11.1. The zero-order chi connectivity index (χ0) is 14.0. The van der Waals surface area contributed by atoms with Gasteiger partial charge in [-0.25, -0.2) is 4.68 Å². The Morgan fingerprint density at radius 2 is 1.79 bits per heavy atom. The van der Waals surface area contributed by atoms with Crippen LogP contribution in [0.25, 0.3) is 0 Å². The fourth-order valence-corrected chi connectivity index (χ4v) is 2.26. The van der Waals surface area contributed by atoms with Gasteiger partial charge < -0.3 is 0 Å². The molecule has 7 heteroatoms. The molecule has 0 aliphatic rings. The van der Waals surface area contributed by atoms with Crippen molar-refractivity contribution < 1.29 is 13.2 Å². The molecule has 0 aliphatic heterocycles. The predicted octanol–water partition coefficient (Wildman–Crippen LogP) is 4.34. The molecule has 102 valence electrons. The third kappa shape index (κ3) is 3.04. The number of halogens is 5. The second-order valence-corrected chi connectivity index (χ2v) is 4.52. The van der Waals surface area contributed by atoms with E-state index < -0.39 is 11.9 Å². The largest absolute Gasteiger partial charge is 0.435 e. The second kappa shape index (κ2) is 5.43. The van der Waals surface area contributed by atoms with E-state index in [1.54, 1.807) is 24.3 Å². The summed E-state index contributed by atoms with van der Waals surface area (Å²) in [7, 11) is 0. The molecule has 2 aromatic rings. The van der Waals surface area contributed by atoms with Crippen LogP contribution in [0.2, 0.25) is 5.15 Å². The van der Waals surface area contributed by atoms with Gasteiger partial charge in [-0.2, -0.15) is 18.3 Å². The van der Waals surface area contributed by atoms with E-state index in [1.807, 2.05) is 6.07 Å². The van der Waals surface area contributed by atoms with Crippen LogP contribution in [0.1, 0.15) is 16.8 Å². The highest BCUT2D eigenvalue weighted by molar-refractivity contribution is 6.31. The summed E-state index contributed by atoms with van der Waals surface area (Å²) in [5, 5.41) is 3.44. The summed E-state index contributed by atoms with van der Waals surface area (Å²) in [5.74, 6) is -0.331. The molecule has 0 bridgehead atoms. The Hall–Kier alpha value is -1.20. The maximum Gasteiger partial charge on any atom is 0.435 e. The molecule has 0 amide bonds. The van der Waals surface area contributed by atoms with Gasteiger partial charge in [0.2, 0.25) is 0 Å². The van der Waals surface area contributed by atoms with Gasteiger partial charge >= 0.3 is 6.18 Å². The zero-order valence-electron chi connectivity index (χ0n) is 9.59. The van der Waals surface area contributed by atoms with Crippen LogP contribution < -0.4 is 0 Å². The molecule has 0 atom stereocenters. The van der Waals surface area contributed by atoms with Crippen LogP contribution in [-0.2, 0) is 18.6 Å². The highest BCUT2D eigenvalue weighted by Crippen LogP contribution is 2.35. The van der Waals surface area contributed by atoms with E-state index in [4.69, 9.17) is 23.2 Å². The van der Waals surface area contributed by atoms with Crippen molar-refractivity contribution in [3.63, 3.8) is 0 Å². The molecule has 19 heavy (non-hydrogen) atoms. The number of benzene rings is 1. The first-order valence-corrected chi connectivity index (χ1v) is 6.27. The SMILES string of the molecule is FC(F)(F)c1nn(Cc2ccccc2)c(Cl)c1CCl. The lowest BCUT2D eigenvalue weighted by Gasteiger charge is -2.03. The number of hydrogen-bond donors (Lipinski definition) is 0. The molecular formula is C12H9Cl2F3N2. The minimum absolute atomic E-state index is 0.0776. The van der Waals surface area contributed by atoms with Crippen LogP contribution >= 0.6 is 23.2 Å². The predicted molar refractivity (Wildman–Crippen MR) is 67.3 cm³/mol. The topological polar surface area (TPSA) is 17.8 Å². The molecule has 0 unspecified atom stereocenters.